The molecule has 300 valence electrons. The van der Waals surface area contributed by atoms with Crippen LogP contribution in [-0.2, 0) is 32.7 Å². The van der Waals surface area contributed by atoms with Crippen LogP contribution >= 0.6 is 46.4 Å². The molecule has 59 heavy (non-hydrogen) atoms. The molecule has 0 amide bonds. The summed E-state index contributed by atoms with van der Waals surface area (Å²) in [5.74, 6) is 2.28. The summed E-state index contributed by atoms with van der Waals surface area (Å²) in [6, 6.07) is 31.5. The molecule has 0 bridgehead atoms. The van der Waals surface area contributed by atoms with Gasteiger partial charge in [0.05, 0.1) is 93.3 Å². The quantitative estimate of drug-likeness (QED) is 0.0971. The normalized spacial score (nSPS) is 12.3. The zero-order valence-corrected chi connectivity index (χ0v) is 34.2. The topological polar surface area (TPSA) is 139 Å². The van der Waals surface area contributed by atoms with E-state index in [2.05, 4.69) is 16.2 Å². The number of nitrogens with zero attached hydrogens (tertiary/aromatic N) is 7. The highest BCUT2D eigenvalue weighted by molar-refractivity contribution is 6.42. The lowest BCUT2D eigenvalue weighted by molar-refractivity contribution is 0.155. The molecule has 0 aliphatic carbocycles. The molecule has 11 nitrogen and oxygen atoms in total. The highest BCUT2D eigenvalue weighted by Crippen LogP contribution is 2.28. The number of hydrogen-bond acceptors (Lipinski definition) is 6. The Labute approximate surface area is 357 Å². The minimum Gasteiger partial charge on any atom is -0.387 e. The van der Waals surface area contributed by atoms with Crippen LogP contribution in [0.4, 0.5) is 4.39 Å². The third kappa shape index (κ3) is 9.16. The van der Waals surface area contributed by atoms with E-state index in [1.165, 1.54) is 12.1 Å². The summed E-state index contributed by atoms with van der Waals surface area (Å²) in [6.07, 6.45) is 5.52. The van der Waals surface area contributed by atoms with Gasteiger partial charge >= 0.3 is 0 Å². The Morgan fingerprint density at radius 2 is 1.10 bits per heavy atom. The largest absolute Gasteiger partial charge is 0.387 e. The van der Waals surface area contributed by atoms with Crippen LogP contribution in [0.2, 0.25) is 20.1 Å². The van der Waals surface area contributed by atoms with Gasteiger partial charge in [0.1, 0.15) is 11.5 Å². The first kappa shape index (κ1) is 41.5. The number of aromatic nitrogens is 7. The van der Waals surface area contributed by atoms with Crippen LogP contribution in [0, 0.1) is 29.0 Å². The average molecular weight is 872 g/mol. The van der Waals surface area contributed by atoms with Crippen molar-refractivity contribution >= 4 is 68.5 Å². The van der Waals surface area contributed by atoms with Crippen molar-refractivity contribution in [3.63, 3.8) is 0 Å². The van der Waals surface area contributed by atoms with Gasteiger partial charge in [-0.2, -0.15) is 0 Å². The van der Waals surface area contributed by atoms with Crippen LogP contribution in [0.5, 0.6) is 0 Å². The Kier molecular flexibility index (Phi) is 12.7. The van der Waals surface area contributed by atoms with E-state index in [9.17, 15) is 14.6 Å². The lowest BCUT2D eigenvalue weighted by Crippen LogP contribution is -2.27. The summed E-state index contributed by atoms with van der Waals surface area (Å²) in [6.45, 7) is 1.48. The molecule has 3 aromatic heterocycles. The monoisotopic (exact) mass is 869 g/mol. The van der Waals surface area contributed by atoms with Gasteiger partial charge in [0.2, 0.25) is 11.2 Å². The summed E-state index contributed by atoms with van der Waals surface area (Å²) in [5.41, 5.74) is 6.67. The Bertz CT molecular complexity index is 2940. The number of imidazole rings is 2. The zero-order valence-electron chi connectivity index (χ0n) is 31.2. The van der Waals surface area contributed by atoms with Gasteiger partial charge in [-0.3, -0.25) is 15.4 Å². The molecule has 16 heteroatoms. The van der Waals surface area contributed by atoms with Crippen molar-refractivity contribution < 1.29 is 14.6 Å². The van der Waals surface area contributed by atoms with Crippen LogP contribution in [0.3, 0.4) is 0 Å². The molecule has 0 saturated carbocycles. The molecular formula is C43H36Cl4FN9O2. The van der Waals surface area contributed by atoms with Crippen molar-refractivity contribution in [1.82, 2.24) is 33.3 Å². The number of benzene rings is 5. The number of para-hydroxylation sites is 4. The van der Waals surface area contributed by atoms with Gasteiger partial charge in [0, 0.05) is 0 Å². The molecule has 0 spiro atoms. The predicted octanol–water partition coefficient (Wildman–Crippen LogP) is 8.39. The molecule has 2 unspecified atom stereocenters. The number of aliphatic hydroxyl groups is 2. The summed E-state index contributed by atoms with van der Waals surface area (Å²) in [5, 5.41) is 48.7. The van der Waals surface area contributed by atoms with Crippen molar-refractivity contribution in [3.8, 4) is 12.3 Å². The molecular weight excluding hydrogens is 835 g/mol. The zero-order chi connectivity index (χ0) is 41.8. The molecule has 2 atom stereocenters. The smallest absolute Gasteiger partial charge is 0.203 e. The first-order valence-corrected chi connectivity index (χ1v) is 19.7. The van der Waals surface area contributed by atoms with E-state index in [-0.39, 0.29) is 30.1 Å². The number of aliphatic hydroxyl groups excluding tert-OH is 2. The Balaban J connectivity index is 0.000000192. The maximum Gasteiger partial charge on any atom is 0.203 e. The molecule has 0 fully saturated rings. The van der Waals surface area contributed by atoms with Crippen molar-refractivity contribution in [3.05, 3.63) is 175 Å². The third-order valence-electron chi connectivity index (χ3n) is 9.73. The molecule has 0 saturated heterocycles. The van der Waals surface area contributed by atoms with E-state index in [4.69, 9.17) is 63.6 Å². The highest BCUT2D eigenvalue weighted by atomic mass is 35.5. The maximum atomic E-state index is 13.2. The lowest BCUT2D eigenvalue weighted by Gasteiger charge is -2.13. The van der Waals surface area contributed by atoms with Crippen LogP contribution < -0.4 is 11.2 Å². The summed E-state index contributed by atoms with van der Waals surface area (Å²) < 4.78 is 21.9. The number of nitrogens with one attached hydrogen (secondary N) is 2. The first-order chi connectivity index (χ1) is 28.4. The molecule has 8 aromatic rings. The third-order valence-corrected chi connectivity index (χ3v) is 11.2. The predicted molar refractivity (Wildman–Crippen MR) is 228 cm³/mol. The number of rotatable bonds is 11. The number of hydrogen-bond donors (Lipinski definition) is 4. The van der Waals surface area contributed by atoms with E-state index < -0.39 is 12.2 Å². The van der Waals surface area contributed by atoms with E-state index in [0.717, 1.165) is 27.6 Å². The highest BCUT2D eigenvalue weighted by Gasteiger charge is 2.18. The lowest BCUT2D eigenvalue weighted by atomic mass is 10.1. The second-order valence-corrected chi connectivity index (χ2v) is 15.3. The number of terminal acetylenes is 1. The van der Waals surface area contributed by atoms with Gasteiger partial charge in [-0.15, -0.1) is 11.5 Å². The fraction of sp³-hybridized carbons (Fsp3) is 0.163. The van der Waals surface area contributed by atoms with Gasteiger partial charge in [-0.1, -0.05) is 106 Å². The molecule has 4 N–H and O–H groups in total. The fourth-order valence-corrected chi connectivity index (χ4v) is 7.41. The average Bonchev–Trinajstić information content (AvgIpc) is 3.87. The second kappa shape index (κ2) is 18.1. The Morgan fingerprint density at radius 1 is 0.627 bits per heavy atom. The van der Waals surface area contributed by atoms with Gasteiger partial charge in [-0.25, -0.2) is 9.07 Å². The van der Waals surface area contributed by atoms with Gasteiger partial charge in [0.25, 0.3) is 0 Å². The van der Waals surface area contributed by atoms with E-state index >= 15 is 0 Å². The molecule has 0 aliphatic heterocycles. The number of fused-ring (bicyclic) bond motifs is 2. The Hall–Kier alpha value is -5.65. The van der Waals surface area contributed by atoms with E-state index in [0.29, 0.717) is 56.5 Å². The van der Waals surface area contributed by atoms with Gasteiger partial charge < -0.3 is 23.9 Å². The summed E-state index contributed by atoms with van der Waals surface area (Å²) in [4.78, 5) is 0. The fourth-order valence-electron chi connectivity index (χ4n) is 6.79. The second-order valence-electron chi connectivity index (χ2n) is 13.6. The SMILES string of the molecule is C#CCn1c(=N)n(CC(O)c2ccc(Cl)c(Cl)c2)c2ccccc21.N=c1n(Cc2cn(Cc3ccc(F)cc3)nn2)c2ccccc2n1CC(O)c1ccc(Cl)c(Cl)c1. The van der Waals surface area contributed by atoms with E-state index in [1.807, 2.05) is 59.3 Å². The summed E-state index contributed by atoms with van der Waals surface area (Å²) in [7, 11) is 0. The number of halogens is 5. The molecule has 3 heterocycles. The van der Waals surface area contributed by atoms with Gasteiger partial charge in [-0.05, 0) is 77.4 Å². The van der Waals surface area contributed by atoms with Gasteiger partial charge in [0.15, 0.2) is 0 Å². The Morgan fingerprint density at radius 3 is 1.59 bits per heavy atom. The van der Waals surface area contributed by atoms with Crippen molar-refractivity contribution in [2.45, 2.75) is 44.9 Å². The molecule has 0 radical (unpaired) electrons. The minimum atomic E-state index is -0.880. The van der Waals surface area contributed by atoms with Crippen molar-refractivity contribution in [2.24, 2.45) is 0 Å². The standard InChI is InChI=1S/C25H21Cl2FN6O.C18H15Cl2N3O/c26-20-10-7-17(11-21(20)27)24(35)15-34-23-4-2-1-3-22(23)33(25(34)29)14-19-13-32(31-30-19)12-16-5-8-18(28)9-6-16;1-2-9-22-15-5-3-4-6-16(15)23(18(22)21)11-17(24)12-7-8-13(19)14(20)10-12/h1-11,13,24,29,35H,12,14-15H2;1,3-8,10,17,21,24H,9,11H2. The van der Waals surface area contributed by atoms with Crippen LogP contribution in [-0.4, -0.2) is 43.5 Å². The van der Waals surface area contributed by atoms with E-state index in [1.54, 1.807) is 66.9 Å². The maximum absolute atomic E-state index is 13.2. The van der Waals surface area contributed by atoms with Crippen LogP contribution in [0.1, 0.15) is 34.6 Å². The van der Waals surface area contributed by atoms with Crippen molar-refractivity contribution in [2.75, 3.05) is 0 Å². The first-order valence-electron chi connectivity index (χ1n) is 18.2. The van der Waals surface area contributed by atoms with Crippen LogP contribution in [0.25, 0.3) is 22.1 Å². The van der Waals surface area contributed by atoms with Crippen molar-refractivity contribution in [1.29, 1.82) is 10.8 Å². The molecule has 8 rings (SSSR count). The molecule has 0 aliphatic rings. The molecule has 5 aromatic carbocycles. The summed E-state index contributed by atoms with van der Waals surface area (Å²) >= 11 is 24.1. The van der Waals surface area contributed by atoms with Crippen LogP contribution in [0.15, 0.2) is 115 Å². The minimum absolute atomic E-state index is 0.168.